The van der Waals surface area contributed by atoms with Gasteiger partial charge in [0.05, 0.1) is 16.3 Å². The van der Waals surface area contributed by atoms with Crippen LogP contribution < -0.4 is 10.6 Å². The maximum atomic E-state index is 13.5. The van der Waals surface area contributed by atoms with Gasteiger partial charge in [0.25, 0.3) is 5.91 Å². The van der Waals surface area contributed by atoms with Crippen LogP contribution in [0.3, 0.4) is 0 Å². The molecule has 1 amide bonds. The highest BCUT2D eigenvalue weighted by Gasteiger charge is 2.39. The average molecular weight is 489 g/mol. The number of hydrogen-bond donors (Lipinski definition) is 2. The summed E-state index contributed by atoms with van der Waals surface area (Å²) in [5.41, 5.74) is 3.01. The van der Waals surface area contributed by atoms with Gasteiger partial charge in [-0.05, 0) is 55.5 Å². The molecule has 0 bridgehead atoms. The van der Waals surface area contributed by atoms with Gasteiger partial charge < -0.3 is 10.6 Å². The summed E-state index contributed by atoms with van der Waals surface area (Å²) in [6, 6.07) is 10.5. The Morgan fingerprint density at radius 3 is 2.50 bits per heavy atom. The molecule has 4 rings (SSSR count). The number of nitrogens with one attached hydrogen (secondary N) is 2. The molecule has 0 spiro atoms. The van der Waals surface area contributed by atoms with Crippen molar-refractivity contribution in [2.45, 2.75) is 51.6 Å². The molecule has 2 aromatic carbocycles. The van der Waals surface area contributed by atoms with E-state index in [0.29, 0.717) is 24.1 Å². The Morgan fingerprint density at radius 1 is 1.15 bits per heavy atom. The molecule has 1 heterocycles. The first-order valence-corrected chi connectivity index (χ1v) is 11.5. The van der Waals surface area contributed by atoms with Crippen LogP contribution in [0.5, 0.6) is 0 Å². The third kappa shape index (κ3) is 4.62. The van der Waals surface area contributed by atoms with Crippen molar-refractivity contribution in [3.05, 3.63) is 86.7 Å². The monoisotopic (exact) mass is 488 g/mol. The Hall–Kier alpha value is -3.06. The lowest BCUT2D eigenvalue weighted by molar-refractivity contribution is -0.137. The predicted octanol–water partition coefficient (Wildman–Crippen LogP) is 6.53. The van der Waals surface area contributed by atoms with Gasteiger partial charge in [-0.1, -0.05) is 42.8 Å². The van der Waals surface area contributed by atoms with E-state index in [9.17, 15) is 22.8 Å². The Balaban J connectivity index is 1.77. The number of aryl methyl sites for hydroxylation is 1. The minimum atomic E-state index is -4.58. The number of hydrogen-bond acceptors (Lipinski definition) is 3. The zero-order chi connectivity index (χ0) is 24.6. The van der Waals surface area contributed by atoms with Crippen molar-refractivity contribution in [1.29, 1.82) is 0 Å². The van der Waals surface area contributed by atoms with Gasteiger partial charge in [0, 0.05) is 34.9 Å². The molecule has 4 nitrogen and oxygen atoms in total. The minimum Gasteiger partial charge on any atom is -0.362 e. The van der Waals surface area contributed by atoms with Crippen LogP contribution in [0.2, 0.25) is 5.02 Å². The van der Waals surface area contributed by atoms with Crippen molar-refractivity contribution in [1.82, 2.24) is 5.32 Å². The number of anilines is 1. The fourth-order valence-corrected chi connectivity index (χ4v) is 4.72. The molecule has 0 saturated heterocycles. The van der Waals surface area contributed by atoms with Crippen LogP contribution in [0.15, 0.2) is 65.0 Å². The molecule has 1 aliphatic carbocycles. The van der Waals surface area contributed by atoms with Crippen molar-refractivity contribution >= 4 is 29.0 Å². The Morgan fingerprint density at radius 2 is 1.85 bits per heavy atom. The number of amides is 1. The Labute approximate surface area is 200 Å². The molecule has 1 atom stereocenters. The van der Waals surface area contributed by atoms with Crippen LogP contribution in [0.4, 0.5) is 18.9 Å². The van der Waals surface area contributed by atoms with Gasteiger partial charge in [-0.15, -0.1) is 0 Å². The molecule has 34 heavy (non-hydrogen) atoms. The second kappa shape index (κ2) is 9.29. The maximum absolute atomic E-state index is 13.5. The summed E-state index contributed by atoms with van der Waals surface area (Å²) in [5.74, 6) is -1.27. The molecule has 2 N–H and O–H groups in total. The highest BCUT2D eigenvalue weighted by molar-refractivity contribution is 6.34. The third-order valence-electron chi connectivity index (χ3n) is 6.28. The van der Waals surface area contributed by atoms with Gasteiger partial charge >= 0.3 is 6.18 Å². The van der Waals surface area contributed by atoms with E-state index < -0.39 is 23.6 Å². The van der Waals surface area contributed by atoms with E-state index in [-0.39, 0.29) is 22.1 Å². The van der Waals surface area contributed by atoms with E-state index in [1.807, 2.05) is 31.2 Å². The second-order valence-corrected chi connectivity index (χ2v) is 8.91. The smallest absolute Gasteiger partial charge is 0.362 e. The fraction of sp³-hybridized carbons (Fsp3) is 0.308. The van der Waals surface area contributed by atoms with Gasteiger partial charge in [0.15, 0.2) is 5.78 Å². The minimum absolute atomic E-state index is 0.0131. The summed E-state index contributed by atoms with van der Waals surface area (Å²) in [6.07, 6.45) is -1.94. The largest absolute Gasteiger partial charge is 0.416 e. The first-order valence-electron chi connectivity index (χ1n) is 11.1. The number of alkyl halides is 3. The van der Waals surface area contributed by atoms with Crippen LogP contribution >= 0.6 is 11.6 Å². The maximum Gasteiger partial charge on any atom is 0.416 e. The van der Waals surface area contributed by atoms with Gasteiger partial charge in [0.1, 0.15) is 0 Å². The van der Waals surface area contributed by atoms with E-state index in [4.69, 9.17) is 11.6 Å². The molecule has 8 heteroatoms. The molecule has 178 valence electrons. The molecule has 0 aromatic heterocycles. The fourth-order valence-electron chi connectivity index (χ4n) is 4.55. The van der Waals surface area contributed by atoms with Gasteiger partial charge in [-0.2, -0.15) is 13.2 Å². The highest BCUT2D eigenvalue weighted by Crippen LogP contribution is 2.43. The number of benzene rings is 2. The molecule has 1 aliphatic heterocycles. The van der Waals surface area contributed by atoms with Crippen LogP contribution in [0.1, 0.15) is 55.7 Å². The third-order valence-corrected chi connectivity index (χ3v) is 6.61. The van der Waals surface area contributed by atoms with E-state index >= 15 is 0 Å². The topological polar surface area (TPSA) is 58.2 Å². The first-order chi connectivity index (χ1) is 16.1. The lowest BCUT2D eigenvalue weighted by atomic mass is 9.75. The molecular weight excluding hydrogens is 465 g/mol. The molecule has 0 fully saturated rings. The van der Waals surface area contributed by atoms with Gasteiger partial charge in [-0.25, -0.2) is 0 Å². The molecule has 0 radical (unpaired) electrons. The van der Waals surface area contributed by atoms with E-state index in [2.05, 4.69) is 10.6 Å². The van der Waals surface area contributed by atoms with E-state index in [0.717, 1.165) is 47.9 Å². The average Bonchev–Trinajstić information content (AvgIpc) is 2.79. The van der Waals surface area contributed by atoms with Crippen LogP contribution in [-0.2, 0) is 22.2 Å². The predicted molar refractivity (Wildman–Crippen MR) is 125 cm³/mol. The number of halogens is 4. The number of allylic oxidation sites excluding steroid dienone is 3. The van der Waals surface area contributed by atoms with Gasteiger partial charge in [-0.3, -0.25) is 9.59 Å². The van der Waals surface area contributed by atoms with E-state index in [1.165, 1.54) is 0 Å². The normalized spacial score (nSPS) is 18.5. The molecule has 1 unspecified atom stereocenters. The molecule has 0 saturated carbocycles. The van der Waals surface area contributed by atoms with Crippen LogP contribution in [0, 0.1) is 0 Å². The molecule has 2 aliphatic rings. The number of carbonyl (C=O) groups excluding carboxylic acids is 2. The summed E-state index contributed by atoms with van der Waals surface area (Å²) in [6.45, 7) is 3.77. The Bertz CT molecular complexity index is 1210. The van der Waals surface area contributed by atoms with Crippen molar-refractivity contribution in [2.24, 2.45) is 0 Å². The second-order valence-electron chi connectivity index (χ2n) is 8.51. The standard InChI is InChI=1S/C26H24ClF3N2O2/c1-3-15-7-9-16(10-8-15)23-22(14(2)31-19-5-4-6-21(33)24(19)23)25(34)32-20-13-17(26(28,29)30)11-12-18(20)27/h7-13,23,31H,3-6H2,1-2H3,(H,32,34). The first kappa shape index (κ1) is 24.1. The molecular formula is C26H24ClF3N2O2. The number of ketones is 1. The number of carbonyl (C=O) groups is 2. The number of dihydropyridines is 1. The van der Waals surface area contributed by atoms with Crippen LogP contribution in [-0.4, -0.2) is 11.7 Å². The van der Waals surface area contributed by atoms with E-state index in [1.54, 1.807) is 6.92 Å². The quantitative estimate of drug-likeness (QED) is 0.514. The molecule has 2 aromatic rings. The van der Waals surface area contributed by atoms with Gasteiger partial charge in [0.2, 0.25) is 0 Å². The lowest BCUT2D eigenvalue weighted by Crippen LogP contribution is -2.35. The van der Waals surface area contributed by atoms with Crippen molar-refractivity contribution in [2.75, 3.05) is 5.32 Å². The number of rotatable bonds is 4. The summed E-state index contributed by atoms with van der Waals surface area (Å²) < 4.78 is 39.6. The van der Waals surface area contributed by atoms with Crippen molar-refractivity contribution in [3.63, 3.8) is 0 Å². The van der Waals surface area contributed by atoms with Crippen molar-refractivity contribution < 1.29 is 22.8 Å². The summed E-state index contributed by atoms with van der Waals surface area (Å²) in [7, 11) is 0. The summed E-state index contributed by atoms with van der Waals surface area (Å²) in [5, 5.41) is 5.74. The zero-order valence-corrected chi connectivity index (χ0v) is 19.5. The number of Topliss-reactive ketones (excluding diaryl/α,β-unsaturated/α-hetero) is 1. The van der Waals surface area contributed by atoms with Crippen molar-refractivity contribution in [3.8, 4) is 0 Å². The SMILES string of the molecule is CCc1ccc(C2C(C(=O)Nc3cc(C(F)(F)F)ccc3Cl)=C(C)NC3=C2C(=O)CCC3)cc1. The summed E-state index contributed by atoms with van der Waals surface area (Å²) in [4.78, 5) is 26.5. The lowest BCUT2D eigenvalue weighted by Gasteiger charge is -2.34. The zero-order valence-electron chi connectivity index (χ0n) is 18.8. The van der Waals surface area contributed by atoms with Crippen LogP contribution in [0.25, 0.3) is 0 Å². The highest BCUT2D eigenvalue weighted by atomic mass is 35.5. The summed E-state index contributed by atoms with van der Waals surface area (Å²) >= 11 is 6.11. The Kier molecular flexibility index (Phi) is 6.58.